The normalized spacial score (nSPS) is 12.2. The molecule has 0 radical (unpaired) electrons. The Morgan fingerprint density at radius 2 is 2.19 bits per heavy atom. The lowest BCUT2D eigenvalue weighted by Gasteiger charge is -2.09. The zero-order chi connectivity index (χ0) is 12.5. The Kier molecular flexibility index (Phi) is 4.69. The van der Waals surface area contributed by atoms with Crippen LogP contribution in [0.5, 0.6) is 0 Å². The summed E-state index contributed by atoms with van der Waals surface area (Å²) in [5.41, 5.74) is 0.691. The minimum atomic E-state index is -0.318. The largest absolute Gasteiger partial charge is 0.293 e. The molecule has 0 aliphatic rings. The first-order valence-corrected chi connectivity index (χ1v) is 5.81. The van der Waals surface area contributed by atoms with Crippen LogP contribution in [0.25, 0.3) is 0 Å². The van der Waals surface area contributed by atoms with E-state index < -0.39 is 0 Å². The van der Waals surface area contributed by atoms with Gasteiger partial charge in [-0.3, -0.25) is 4.79 Å². The molecule has 1 nitrogen and oxygen atoms in total. The number of rotatable bonds is 6. The van der Waals surface area contributed by atoms with Crippen molar-refractivity contribution >= 4 is 5.78 Å². The predicted octanol–water partition coefficient (Wildman–Crippen LogP) is 3.70. The summed E-state index contributed by atoms with van der Waals surface area (Å²) in [5, 5.41) is 0. The van der Waals surface area contributed by atoms with E-state index in [1.54, 1.807) is 12.1 Å². The van der Waals surface area contributed by atoms with Gasteiger partial charge in [0.1, 0.15) is 1.37 Å². The molecule has 1 aromatic carbocycles. The zero-order valence-corrected chi connectivity index (χ0v) is 9.70. The first-order chi connectivity index (χ1) is 8.29. The Bertz CT molecular complexity index is 400. The van der Waals surface area contributed by atoms with Crippen LogP contribution in [0.15, 0.2) is 30.3 Å². The predicted molar refractivity (Wildman–Crippen MR) is 67.2 cm³/mol. The number of ketones is 1. The molecule has 1 unspecified atom stereocenters. The minimum absolute atomic E-state index is 0.0430. The third-order valence-corrected chi connectivity index (χ3v) is 2.65. The molecule has 0 saturated heterocycles. The van der Waals surface area contributed by atoms with Crippen molar-refractivity contribution < 1.29 is 6.17 Å². The van der Waals surface area contributed by atoms with Crippen LogP contribution in [0.1, 0.15) is 44.3 Å². The summed E-state index contributed by atoms with van der Waals surface area (Å²) in [5.74, 6) is 2.43. The van der Waals surface area contributed by atoms with Crippen molar-refractivity contribution in [2.45, 2.75) is 32.6 Å². The lowest BCUT2D eigenvalue weighted by molar-refractivity contribution is 0.0943. The van der Waals surface area contributed by atoms with Crippen molar-refractivity contribution in [3.8, 4) is 12.3 Å². The number of benzene rings is 1. The van der Waals surface area contributed by atoms with Crippen LogP contribution < -0.4 is 0 Å². The number of terminal acetylenes is 1. The van der Waals surface area contributed by atoms with E-state index in [0.717, 1.165) is 25.7 Å². The van der Waals surface area contributed by atoms with Gasteiger partial charge in [-0.1, -0.05) is 62.4 Å². The molecule has 0 N–H and O–H groups in total. The summed E-state index contributed by atoms with van der Waals surface area (Å²) in [6.45, 7) is 2.13. The molecule has 0 heterocycles. The maximum absolute atomic E-state index is 12.1. The van der Waals surface area contributed by atoms with E-state index in [4.69, 9.17) is 1.37 Å². The second kappa shape index (κ2) is 6.85. The van der Waals surface area contributed by atoms with Gasteiger partial charge in [-0.25, -0.2) is 0 Å². The van der Waals surface area contributed by atoms with Gasteiger partial charge in [-0.2, -0.15) is 0 Å². The Labute approximate surface area is 99.3 Å². The fourth-order valence-electron chi connectivity index (χ4n) is 1.67. The van der Waals surface area contributed by atoms with E-state index in [9.17, 15) is 4.79 Å². The molecule has 0 aliphatic carbocycles. The summed E-state index contributed by atoms with van der Waals surface area (Å²) in [6.07, 6.45) is 6.11. The van der Waals surface area contributed by atoms with Gasteiger partial charge in [0.05, 0.1) is 5.92 Å². The van der Waals surface area contributed by atoms with Crippen molar-refractivity contribution in [2.75, 3.05) is 0 Å². The maximum atomic E-state index is 12.1. The second-order valence-electron chi connectivity index (χ2n) is 3.92. The third kappa shape index (κ3) is 3.55. The number of unbranched alkanes of at least 4 members (excludes halogenated alkanes) is 2. The Balaban J connectivity index is 2.69. The van der Waals surface area contributed by atoms with Crippen molar-refractivity contribution in [2.24, 2.45) is 5.92 Å². The number of carbonyl (C=O) groups is 1. The lowest BCUT2D eigenvalue weighted by atomic mass is 9.93. The summed E-state index contributed by atoms with van der Waals surface area (Å²) in [6, 6.07) is 9.20. The molecule has 16 heavy (non-hydrogen) atoms. The van der Waals surface area contributed by atoms with Crippen LogP contribution in [0.4, 0.5) is 0 Å². The number of hydrogen-bond donors (Lipinski definition) is 0. The zero-order valence-electron chi connectivity index (χ0n) is 10.7. The molecule has 84 valence electrons. The van der Waals surface area contributed by atoms with Crippen LogP contribution in [-0.2, 0) is 0 Å². The molecule has 0 spiro atoms. The van der Waals surface area contributed by atoms with E-state index in [2.05, 4.69) is 19.2 Å². The highest BCUT2D eigenvalue weighted by Gasteiger charge is 2.16. The summed E-state index contributed by atoms with van der Waals surface area (Å²) in [7, 11) is 0. The van der Waals surface area contributed by atoms with Crippen LogP contribution in [0.2, 0.25) is 0 Å². The van der Waals surface area contributed by atoms with Gasteiger partial charge in [0.2, 0.25) is 0 Å². The van der Waals surface area contributed by atoms with Gasteiger partial charge >= 0.3 is 0 Å². The van der Waals surface area contributed by atoms with Gasteiger partial charge in [0.25, 0.3) is 0 Å². The third-order valence-electron chi connectivity index (χ3n) is 2.65. The van der Waals surface area contributed by atoms with Crippen molar-refractivity contribution in [1.82, 2.24) is 0 Å². The van der Waals surface area contributed by atoms with Crippen LogP contribution >= 0.6 is 0 Å². The SMILES string of the molecule is [2H]C#CC(CCCCC)C(=O)c1ccccc1. The van der Waals surface area contributed by atoms with E-state index in [-0.39, 0.29) is 11.7 Å². The van der Waals surface area contributed by atoms with Crippen LogP contribution in [-0.4, -0.2) is 5.78 Å². The average molecular weight is 215 g/mol. The van der Waals surface area contributed by atoms with Crippen molar-refractivity contribution in [3.05, 3.63) is 35.9 Å². The minimum Gasteiger partial charge on any atom is -0.293 e. The van der Waals surface area contributed by atoms with Gasteiger partial charge in [-0.15, -0.1) is 6.40 Å². The fourth-order valence-corrected chi connectivity index (χ4v) is 1.67. The molecule has 1 aromatic rings. The Hall–Kier alpha value is -1.55. The number of hydrogen-bond acceptors (Lipinski definition) is 1. The van der Waals surface area contributed by atoms with Crippen LogP contribution in [0, 0.1) is 18.2 Å². The molecule has 0 aliphatic heterocycles. The second-order valence-corrected chi connectivity index (χ2v) is 3.92. The summed E-state index contributed by atoms with van der Waals surface area (Å²) in [4.78, 5) is 12.1. The average Bonchev–Trinajstić information content (AvgIpc) is 2.38. The van der Waals surface area contributed by atoms with Crippen LogP contribution in [0.3, 0.4) is 0 Å². The lowest BCUT2D eigenvalue weighted by Crippen LogP contribution is -2.12. The fraction of sp³-hybridized carbons (Fsp3) is 0.400. The Morgan fingerprint density at radius 3 is 2.81 bits per heavy atom. The molecule has 0 bridgehead atoms. The molecule has 1 rings (SSSR count). The highest BCUT2D eigenvalue weighted by molar-refractivity contribution is 5.99. The van der Waals surface area contributed by atoms with Gasteiger partial charge in [0.15, 0.2) is 5.78 Å². The summed E-state index contributed by atoms with van der Waals surface area (Å²) >= 11 is 0. The highest BCUT2D eigenvalue weighted by atomic mass is 16.1. The first-order valence-electron chi connectivity index (χ1n) is 6.31. The molecule has 1 atom stereocenters. The molecule has 0 aromatic heterocycles. The Morgan fingerprint density at radius 1 is 1.44 bits per heavy atom. The van der Waals surface area contributed by atoms with E-state index in [1.165, 1.54) is 0 Å². The van der Waals surface area contributed by atoms with Gasteiger partial charge in [0, 0.05) is 5.56 Å². The van der Waals surface area contributed by atoms with Crippen molar-refractivity contribution in [1.29, 1.82) is 0 Å². The molecule has 1 heteroatoms. The topological polar surface area (TPSA) is 17.1 Å². The molecule has 0 saturated carbocycles. The van der Waals surface area contributed by atoms with Crippen molar-refractivity contribution in [3.63, 3.8) is 0 Å². The van der Waals surface area contributed by atoms with Gasteiger partial charge < -0.3 is 0 Å². The molecular weight excluding hydrogens is 196 g/mol. The quantitative estimate of drug-likeness (QED) is 0.402. The van der Waals surface area contributed by atoms with E-state index in [0.29, 0.717) is 5.56 Å². The number of carbonyl (C=O) groups excluding carboxylic acids is 1. The molecule has 0 fully saturated rings. The smallest absolute Gasteiger partial charge is 0.177 e. The van der Waals surface area contributed by atoms with Gasteiger partial charge in [-0.05, 0) is 6.42 Å². The maximum Gasteiger partial charge on any atom is 0.177 e. The highest BCUT2D eigenvalue weighted by Crippen LogP contribution is 2.15. The van der Waals surface area contributed by atoms with E-state index in [1.807, 2.05) is 18.2 Å². The number of Topliss-reactive ketones (excluding diaryl/α,β-unsaturated/α-hetero) is 1. The monoisotopic (exact) mass is 215 g/mol. The first kappa shape index (κ1) is 11.0. The van der Waals surface area contributed by atoms with E-state index >= 15 is 0 Å². The molecular formula is C15H18O. The standard InChI is InChI=1S/C15H18O/c1-3-5-7-10-13(4-2)15(16)14-11-8-6-9-12-14/h2,6,8-9,11-13H,3,5,7,10H2,1H3/i2D. The summed E-state index contributed by atoms with van der Waals surface area (Å²) < 4.78 is 6.96. The molecule has 0 amide bonds.